The third-order valence-corrected chi connectivity index (χ3v) is 4.74. The van der Waals surface area contributed by atoms with Gasteiger partial charge in [0.1, 0.15) is 0 Å². The molecule has 0 fully saturated rings. The predicted octanol–water partition coefficient (Wildman–Crippen LogP) is 4.72. The van der Waals surface area contributed by atoms with Gasteiger partial charge in [0.2, 0.25) is 0 Å². The van der Waals surface area contributed by atoms with E-state index < -0.39 is 0 Å². The molecule has 0 radical (unpaired) electrons. The summed E-state index contributed by atoms with van der Waals surface area (Å²) in [6.45, 7) is 9.19. The molecule has 0 saturated carbocycles. The first-order valence-corrected chi connectivity index (χ1v) is 8.39. The third kappa shape index (κ3) is 3.81. The summed E-state index contributed by atoms with van der Waals surface area (Å²) in [4.78, 5) is 1.41. The maximum atomic E-state index is 6.03. The van der Waals surface area contributed by atoms with Gasteiger partial charge < -0.3 is 10.1 Å². The van der Waals surface area contributed by atoms with Crippen molar-refractivity contribution in [2.45, 2.75) is 52.9 Å². The number of ether oxygens (including phenoxy) is 1. The monoisotopic (exact) mass is 291 g/mol. The number of hydrogen-bond acceptors (Lipinski definition) is 3. The van der Waals surface area contributed by atoms with E-state index >= 15 is 0 Å². The molecule has 1 atom stereocenters. The molecule has 0 aliphatic carbocycles. The summed E-state index contributed by atoms with van der Waals surface area (Å²) in [5.41, 5.74) is 1.37. The Kier molecular flexibility index (Phi) is 6.02. The second kappa shape index (κ2) is 7.77. The highest BCUT2D eigenvalue weighted by atomic mass is 32.1. The molecule has 110 valence electrons. The molecule has 0 amide bonds. The smallest absolute Gasteiger partial charge is 0.0737 e. The highest BCUT2D eigenvalue weighted by molar-refractivity contribution is 7.19. The number of benzene rings is 1. The van der Waals surface area contributed by atoms with E-state index in [1.165, 1.54) is 26.9 Å². The van der Waals surface area contributed by atoms with E-state index in [1.54, 1.807) is 0 Å². The molecule has 1 aromatic carbocycles. The van der Waals surface area contributed by atoms with E-state index in [0.29, 0.717) is 6.10 Å². The first kappa shape index (κ1) is 15.5. The van der Waals surface area contributed by atoms with Crippen LogP contribution in [0.25, 0.3) is 10.1 Å². The summed E-state index contributed by atoms with van der Waals surface area (Å²) >= 11 is 1.89. The van der Waals surface area contributed by atoms with Gasteiger partial charge in [0.15, 0.2) is 0 Å². The Labute approximate surface area is 126 Å². The highest BCUT2D eigenvalue weighted by Crippen LogP contribution is 2.32. The van der Waals surface area contributed by atoms with Gasteiger partial charge >= 0.3 is 0 Å². The molecule has 1 unspecified atom stereocenters. The van der Waals surface area contributed by atoms with E-state index in [1.807, 2.05) is 11.3 Å². The van der Waals surface area contributed by atoms with Gasteiger partial charge in [-0.25, -0.2) is 0 Å². The average molecular weight is 291 g/mol. The van der Waals surface area contributed by atoms with Crippen LogP contribution in [0.15, 0.2) is 24.3 Å². The molecular weight excluding hydrogens is 266 g/mol. The first-order valence-electron chi connectivity index (χ1n) is 7.57. The van der Waals surface area contributed by atoms with Crippen LogP contribution >= 0.6 is 11.3 Å². The Balaban J connectivity index is 2.19. The number of rotatable bonds is 8. The van der Waals surface area contributed by atoms with Crippen molar-refractivity contribution < 1.29 is 4.74 Å². The summed E-state index contributed by atoms with van der Waals surface area (Å²) in [5.74, 6) is 0. The number of nitrogens with one attached hydrogen (secondary N) is 1. The van der Waals surface area contributed by atoms with Crippen molar-refractivity contribution in [3.63, 3.8) is 0 Å². The highest BCUT2D eigenvalue weighted by Gasteiger charge is 2.12. The Bertz CT molecular complexity index is 535. The molecule has 0 aliphatic rings. The van der Waals surface area contributed by atoms with Crippen molar-refractivity contribution >= 4 is 21.4 Å². The number of thiophene rings is 1. The molecule has 2 rings (SSSR count). The summed E-state index contributed by atoms with van der Waals surface area (Å²) in [7, 11) is 0. The lowest BCUT2D eigenvalue weighted by Gasteiger charge is -2.13. The van der Waals surface area contributed by atoms with Crippen LogP contribution in [0.4, 0.5) is 0 Å². The quantitative estimate of drug-likeness (QED) is 0.760. The van der Waals surface area contributed by atoms with E-state index in [-0.39, 0.29) is 0 Å². The number of hydrogen-bond donors (Lipinski definition) is 1. The van der Waals surface area contributed by atoms with Gasteiger partial charge in [0.25, 0.3) is 0 Å². The zero-order chi connectivity index (χ0) is 14.4. The third-order valence-electron chi connectivity index (χ3n) is 3.52. The normalized spacial score (nSPS) is 12.9. The lowest BCUT2D eigenvalue weighted by molar-refractivity contribution is 0.0476. The Hall–Kier alpha value is -0.900. The number of fused-ring (bicyclic) bond motifs is 1. The molecule has 1 aromatic heterocycles. The maximum absolute atomic E-state index is 6.03. The Morgan fingerprint density at radius 2 is 2.05 bits per heavy atom. The summed E-state index contributed by atoms with van der Waals surface area (Å²) in [6, 6.07) is 8.64. The summed E-state index contributed by atoms with van der Waals surface area (Å²) in [6.07, 6.45) is 2.64. The zero-order valence-corrected chi connectivity index (χ0v) is 13.6. The minimum Gasteiger partial charge on any atom is -0.374 e. The molecule has 3 heteroatoms. The van der Waals surface area contributed by atoms with Gasteiger partial charge in [-0.15, -0.1) is 11.3 Å². The fraction of sp³-hybridized carbons (Fsp3) is 0.529. The van der Waals surface area contributed by atoms with Gasteiger partial charge in [0.05, 0.1) is 12.7 Å². The molecule has 2 nitrogen and oxygen atoms in total. The predicted molar refractivity (Wildman–Crippen MR) is 88.4 cm³/mol. The summed E-state index contributed by atoms with van der Waals surface area (Å²) in [5, 5.41) is 4.79. The van der Waals surface area contributed by atoms with Gasteiger partial charge in [-0.3, -0.25) is 0 Å². The molecule has 0 bridgehead atoms. The van der Waals surface area contributed by atoms with Crippen LogP contribution in [0.1, 0.15) is 44.1 Å². The maximum Gasteiger partial charge on any atom is 0.0737 e. The van der Waals surface area contributed by atoms with Crippen molar-refractivity contribution in [2.24, 2.45) is 0 Å². The van der Waals surface area contributed by atoms with Crippen molar-refractivity contribution in [3.8, 4) is 0 Å². The van der Waals surface area contributed by atoms with Crippen LogP contribution in [0.2, 0.25) is 0 Å². The molecule has 0 saturated heterocycles. The largest absolute Gasteiger partial charge is 0.374 e. The summed E-state index contributed by atoms with van der Waals surface area (Å²) < 4.78 is 7.40. The van der Waals surface area contributed by atoms with E-state index in [0.717, 1.165) is 26.1 Å². The minimum atomic E-state index is 0.339. The molecule has 0 spiro atoms. The Morgan fingerprint density at radius 1 is 1.25 bits per heavy atom. The lowest BCUT2D eigenvalue weighted by Crippen LogP contribution is -2.13. The van der Waals surface area contributed by atoms with E-state index in [9.17, 15) is 0 Å². The van der Waals surface area contributed by atoms with Crippen molar-refractivity contribution in [1.82, 2.24) is 5.32 Å². The van der Waals surface area contributed by atoms with Crippen molar-refractivity contribution in [3.05, 3.63) is 34.7 Å². The van der Waals surface area contributed by atoms with Crippen molar-refractivity contribution in [2.75, 3.05) is 6.54 Å². The molecule has 20 heavy (non-hydrogen) atoms. The van der Waals surface area contributed by atoms with Gasteiger partial charge in [-0.1, -0.05) is 38.5 Å². The van der Waals surface area contributed by atoms with Crippen LogP contribution in [0, 0.1) is 0 Å². The zero-order valence-electron chi connectivity index (χ0n) is 12.7. The lowest BCUT2D eigenvalue weighted by atomic mass is 10.1. The van der Waals surface area contributed by atoms with Crippen LogP contribution in [0.5, 0.6) is 0 Å². The molecular formula is C17H25NOS. The van der Waals surface area contributed by atoms with Crippen LogP contribution in [-0.4, -0.2) is 12.6 Å². The molecule has 1 heterocycles. The SMILES string of the molecule is CCCC(C)OCc1c(CNCC)sc2ccccc12. The fourth-order valence-electron chi connectivity index (χ4n) is 2.40. The van der Waals surface area contributed by atoms with E-state index in [2.05, 4.69) is 50.4 Å². The van der Waals surface area contributed by atoms with Crippen LogP contribution < -0.4 is 5.32 Å². The standard InChI is InChI=1S/C17H25NOS/c1-4-8-13(3)19-12-15-14-9-6-7-10-16(14)20-17(15)11-18-5-2/h6-7,9-10,13,18H,4-5,8,11-12H2,1-3H3. The van der Waals surface area contributed by atoms with Gasteiger partial charge in [0, 0.05) is 21.7 Å². The second-order valence-electron chi connectivity index (χ2n) is 5.19. The van der Waals surface area contributed by atoms with Gasteiger partial charge in [-0.05, 0) is 31.3 Å². The molecule has 0 aliphatic heterocycles. The topological polar surface area (TPSA) is 21.3 Å². The minimum absolute atomic E-state index is 0.339. The first-order chi connectivity index (χ1) is 9.76. The second-order valence-corrected chi connectivity index (χ2v) is 6.33. The average Bonchev–Trinajstić information content (AvgIpc) is 2.81. The Morgan fingerprint density at radius 3 is 2.80 bits per heavy atom. The fourth-order valence-corrected chi connectivity index (χ4v) is 3.58. The van der Waals surface area contributed by atoms with Crippen LogP contribution in [0.3, 0.4) is 0 Å². The van der Waals surface area contributed by atoms with Gasteiger partial charge in [-0.2, -0.15) is 0 Å². The molecule has 1 N–H and O–H groups in total. The van der Waals surface area contributed by atoms with Crippen molar-refractivity contribution in [1.29, 1.82) is 0 Å². The van der Waals surface area contributed by atoms with Crippen LogP contribution in [-0.2, 0) is 17.9 Å². The van der Waals surface area contributed by atoms with E-state index in [4.69, 9.17) is 4.74 Å². The molecule has 2 aromatic rings.